The van der Waals surface area contributed by atoms with Crippen molar-refractivity contribution in [3.63, 3.8) is 0 Å². The van der Waals surface area contributed by atoms with Gasteiger partial charge in [-0.1, -0.05) is 176 Å². The summed E-state index contributed by atoms with van der Waals surface area (Å²) in [5, 5.41) is 2.22. The second kappa shape index (κ2) is 13.2. The molecule has 10 rings (SSSR count). The average molecular weight is 693 g/mol. The molecule has 1 heteroatoms. The first-order valence-corrected chi connectivity index (χ1v) is 18.3. The maximum Gasteiger partial charge on any atom is 0.0713 e. The summed E-state index contributed by atoms with van der Waals surface area (Å²) in [4.78, 5) is 2.17. The lowest BCUT2D eigenvalue weighted by Gasteiger charge is -2.34. The Labute approximate surface area is 324 Å². The van der Waals surface area contributed by atoms with Crippen molar-refractivity contribution in [2.24, 2.45) is 0 Å². The number of para-hydroxylation sites is 1. The van der Waals surface area contributed by atoms with Crippen LogP contribution in [0.5, 0.6) is 0 Å². The molecule has 0 saturated carbocycles. The van der Waals surface area contributed by atoms with Gasteiger partial charge >= 0.3 is 0 Å². The van der Waals surface area contributed by atoms with Crippen molar-refractivity contribution in [3.8, 4) is 33.4 Å². The van der Waals surface area contributed by atoms with Gasteiger partial charge in [0.2, 0.25) is 0 Å². The van der Waals surface area contributed by atoms with Crippen LogP contribution in [0.1, 0.15) is 29.1 Å². The van der Waals surface area contributed by atoms with Gasteiger partial charge in [-0.2, -0.15) is 0 Å². The Hall–Kier alpha value is -6.96. The molecule has 9 aromatic rings. The third kappa shape index (κ3) is 5.25. The van der Waals surface area contributed by atoms with Crippen LogP contribution in [-0.4, -0.2) is 0 Å². The number of benzene rings is 9. The van der Waals surface area contributed by atoms with E-state index in [2.05, 4.69) is 157 Å². The van der Waals surface area contributed by atoms with E-state index < -0.39 is 11.5 Å². The highest BCUT2D eigenvalue weighted by Gasteiger charge is 2.46. The molecule has 0 fully saturated rings. The minimum absolute atomic E-state index is 0.189. The van der Waals surface area contributed by atoms with Crippen LogP contribution in [0.4, 0.5) is 17.1 Å². The standard InChI is InChI=1S/C53H37N/c1-5-15-38(16-6-1)39-27-31-47(32-28-39)54(46-21-11-4-12-22-46)48-33-29-41-35-40(25-26-42(41)36-48)43-30-34-50-49-23-13-14-24-51(49)53(52(50)37-43,44-17-7-2-8-18-44)45-19-9-3-10-20-45/h1-37H/i1D,5D,6D,15D,16D. The van der Waals surface area contributed by atoms with Gasteiger partial charge in [0.05, 0.1) is 12.3 Å². The summed E-state index contributed by atoms with van der Waals surface area (Å²) in [6.07, 6.45) is 0. The van der Waals surface area contributed by atoms with Crippen LogP contribution in [0.15, 0.2) is 224 Å². The number of hydrogen-bond donors (Lipinski definition) is 0. The Bertz CT molecular complexity index is 2970. The molecule has 0 amide bonds. The van der Waals surface area contributed by atoms with Crippen LogP contribution in [0, 0.1) is 0 Å². The van der Waals surface area contributed by atoms with Gasteiger partial charge in [-0.15, -0.1) is 0 Å². The van der Waals surface area contributed by atoms with Crippen LogP contribution < -0.4 is 4.90 Å². The number of hydrogen-bond acceptors (Lipinski definition) is 1. The highest BCUT2D eigenvalue weighted by Crippen LogP contribution is 2.56. The minimum Gasteiger partial charge on any atom is -0.310 e. The second-order valence-electron chi connectivity index (χ2n) is 13.8. The number of nitrogens with zero attached hydrogens (tertiary/aromatic N) is 1. The van der Waals surface area contributed by atoms with Gasteiger partial charge in [-0.05, 0) is 115 Å². The first-order chi connectivity index (χ1) is 28.8. The lowest BCUT2D eigenvalue weighted by atomic mass is 9.67. The Morgan fingerprint density at radius 2 is 0.870 bits per heavy atom. The van der Waals surface area contributed by atoms with E-state index >= 15 is 0 Å². The normalized spacial score (nSPS) is 13.9. The number of anilines is 3. The molecule has 1 nitrogen and oxygen atoms in total. The fourth-order valence-electron chi connectivity index (χ4n) is 8.37. The molecule has 0 aromatic heterocycles. The third-order valence-electron chi connectivity index (χ3n) is 10.8. The summed E-state index contributed by atoms with van der Waals surface area (Å²) in [7, 11) is 0. The van der Waals surface area contributed by atoms with Crippen molar-refractivity contribution in [1.82, 2.24) is 0 Å². The molecule has 0 spiro atoms. The lowest BCUT2D eigenvalue weighted by molar-refractivity contribution is 0.769. The van der Waals surface area contributed by atoms with Gasteiger partial charge < -0.3 is 4.90 Å². The van der Waals surface area contributed by atoms with E-state index in [1.807, 2.05) is 42.5 Å². The molecule has 0 saturated heterocycles. The van der Waals surface area contributed by atoms with Crippen LogP contribution >= 0.6 is 0 Å². The monoisotopic (exact) mass is 692 g/mol. The SMILES string of the molecule is [2H]c1c([2H])c([2H])c(-c2ccc(N(c3ccccc3)c3ccc4cc(-c5ccc6c(c5)C(c5ccccc5)(c5ccccc5)c5ccccc5-6)ccc4c3)cc2)c([2H])c1[2H]. The third-order valence-corrected chi connectivity index (χ3v) is 10.8. The zero-order chi connectivity index (χ0) is 40.3. The van der Waals surface area contributed by atoms with E-state index in [-0.39, 0.29) is 29.7 Å². The lowest BCUT2D eigenvalue weighted by Crippen LogP contribution is -2.28. The second-order valence-corrected chi connectivity index (χ2v) is 13.8. The Balaban J connectivity index is 1.05. The molecule has 0 radical (unpaired) electrons. The molecule has 254 valence electrons. The van der Waals surface area contributed by atoms with Gasteiger partial charge in [0.25, 0.3) is 0 Å². The van der Waals surface area contributed by atoms with Crippen molar-refractivity contribution in [2.45, 2.75) is 5.41 Å². The zero-order valence-corrected chi connectivity index (χ0v) is 29.4. The Morgan fingerprint density at radius 1 is 0.352 bits per heavy atom. The van der Waals surface area contributed by atoms with Crippen molar-refractivity contribution in [1.29, 1.82) is 0 Å². The number of fused-ring (bicyclic) bond motifs is 4. The summed E-state index contributed by atoms with van der Waals surface area (Å²) in [5.74, 6) is 0. The average Bonchev–Trinajstić information content (AvgIpc) is 3.59. The predicted molar refractivity (Wildman–Crippen MR) is 227 cm³/mol. The van der Waals surface area contributed by atoms with Crippen molar-refractivity contribution < 1.29 is 6.85 Å². The first-order valence-electron chi connectivity index (χ1n) is 20.8. The highest BCUT2D eigenvalue weighted by molar-refractivity contribution is 5.94. The quantitative estimate of drug-likeness (QED) is 0.161. The van der Waals surface area contributed by atoms with Gasteiger partial charge in [-0.3, -0.25) is 0 Å². The van der Waals surface area contributed by atoms with Crippen LogP contribution in [0.2, 0.25) is 0 Å². The zero-order valence-electron chi connectivity index (χ0n) is 34.4. The molecule has 0 unspecified atom stereocenters. The van der Waals surface area contributed by atoms with Gasteiger partial charge in [0, 0.05) is 17.1 Å². The molecule has 0 bridgehead atoms. The molecule has 0 heterocycles. The minimum atomic E-state index is -0.468. The van der Waals surface area contributed by atoms with Crippen molar-refractivity contribution in [2.75, 3.05) is 4.90 Å². The molecule has 9 aromatic carbocycles. The maximum atomic E-state index is 8.49. The van der Waals surface area contributed by atoms with E-state index in [1.54, 1.807) is 0 Å². The summed E-state index contributed by atoms with van der Waals surface area (Å²) in [5.41, 5.74) is 13.0. The van der Waals surface area contributed by atoms with E-state index in [4.69, 9.17) is 6.85 Å². The molecule has 1 aliphatic rings. The van der Waals surface area contributed by atoms with Crippen LogP contribution in [0.25, 0.3) is 44.2 Å². The molecular formula is C53H37N. The highest BCUT2D eigenvalue weighted by atomic mass is 15.1. The van der Waals surface area contributed by atoms with Gasteiger partial charge in [0.1, 0.15) is 0 Å². The smallest absolute Gasteiger partial charge is 0.0713 e. The van der Waals surface area contributed by atoms with Crippen LogP contribution in [0.3, 0.4) is 0 Å². The number of rotatable bonds is 7. The molecule has 0 N–H and O–H groups in total. The summed E-state index contributed by atoms with van der Waals surface area (Å²) in [6, 6.07) is 66.9. The molecule has 54 heavy (non-hydrogen) atoms. The van der Waals surface area contributed by atoms with Crippen molar-refractivity contribution in [3.05, 3.63) is 247 Å². The van der Waals surface area contributed by atoms with E-state index in [9.17, 15) is 0 Å². The van der Waals surface area contributed by atoms with Crippen molar-refractivity contribution >= 4 is 27.8 Å². The van der Waals surface area contributed by atoms with E-state index in [0.29, 0.717) is 5.56 Å². The van der Waals surface area contributed by atoms with E-state index in [0.717, 1.165) is 39.0 Å². The molecule has 0 atom stereocenters. The maximum absolute atomic E-state index is 8.49. The first kappa shape index (κ1) is 26.8. The predicted octanol–water partition coefficient (Wildman–Crippen LogP) is 14.0. The summed E-state index contributed by atoms with van der Waals surface area (Å²) < 4.78 is 41.3. The van der Waals surface area contributed by atoms with Crippen LogP contribution in [-0.2, 0) is 5.41 Å². The summed E-state index contributed by atoms with van der Waals surface area (Å²) >= 11 is 0. The Kier molecular flexibility index (Phi) is 6.55. The van der Waals surface area contributed by atoms with Gasteiger partial charge in [0.15, 0.2) is 0 Å². The molecule has 1 aliphatic carbocycles. The largest absolute Gasteiger partial charge is 0.310 e. The fourth-order valence-corrected chi connectivity index (χ4v) is 8.37. The fraction of sp³-hybridized carbons (Fsp3) is 0.0189. The van der Waals surface area contributed by atoms with E-state index in [1.165, 1.54) is 33.4 Å². The summed E-state index contributed by atoms with van der Waals surface area (Å²) in [6.45, 7) is 0. The molecular weight excluding hydrogens is 651 g/mol. The topological polar surface area (TPSA) is 3.24 Å². The van der Waals surface area contributed by atoms with Gasteiger partial charge in [-0.25, -0.2) is 0 Å². The molecule has 0 aliphatic heterocycles. The Morgan fingerprint density at radius 3 is 1.59 bits per heavy atom.